The van der Waals surface area contributed by atoms with Crippen molar-refractivity contribution in [1.82, 2.24) is 9.80 Å². The molecular weight excluding hydrogens is 242 g/mol. The number of unbranched alkanes of at least 4 members (excludes halogenated alkanes) is 2. The van der Waals surface area contributed by atoms with Gasteiger partial charge in [-0.1, -0.05) is 6.92 Å². The Bertz CT molecular complexity index is 310. The summed E-state index contributed by atoms with van der Waals surface area (Å²) >= 11 is 0. The van der Waals surface area contributed by atoms with Gasteiger partial charge in [0.1, 0.15) is 0 Å². The van der Waals surface area contributed by atoms with Crippen molar-refractivity contribution in [3.05, 3.63) is 0 Å². The maximum Gasteiger partial charge on any atom is 0.222 e. The average molecular weight is 267 g/mol. The van der Waals surface area contributed by atoms with Crippen molar-refractivity contribution < 1.29 is 9.59 Å². The van der Waals surface area contributed by atoms with E-state index in [0.717, 1.165) is 25.7 Å². The molecule has 1 saturated heterocycles. The average Bonchev–Trinajstić information content (AvgIpc) is 2.44. The highest BCUT2D eigenvalue weighted by Gasteiger charge is 2.22. The van der Waals surface area contributed by atoms with Crippen molar-refractivity contribution in [2.75, 3.05) is 26.2 Å². The Labute approximate surface area is 115 Å². The van der Waals surface area contributed by atoms with Gasteiger partial charge >= 0.3 is 0 Å². The highest BCUT2D eigenvalue weighted by atomic mass is 16.2. The minimum absolute atomic E-state index is 0.188. The molecule has 0 saturated carbocycles. The summed E-state index contributed by atoms with van der Waals surface area (Å²) < 4.78 is 0. The van der Waals surface area contributed by atoms with Crippen molar-refractivity contribution in [3.8, 4) is 0 Å². The molecule has 0 aromatic heterocycles. The number of hydrogen-bond donors (Lipinski definition) is 1. The smallest absolute Gasteiger partial charge is 0.222 e. The summed E-state index contributed by atoms with van der Waals surface area (Å²) in [5.74, 6) is 0.396. The van der Waals surface area contributed by atoms with Crippen LogP contribution in [0.3, 0.4) is 0 Å². The minimum Gasteiger partial charge on any atom is -0.339 e. The van der Waals surface area contributed by atoms with Crippen LogP contribution in [0.1, 0.15) is 45.4 Å². The van der Waals surface area contributed by atoms with E-state index in [1.807, 2.05) is 16.7 Å². The molecule has 5 heteroatoms. The van der Waals surface area contributed by atoms with E-state index in [-0.39, 0.29) is 11.8 Å². The maximum atomic E-state index is 11.9. The zero-order valence-corrected chi connectivity index (χ0v) is 11.9. The Hall–Kier alpha value is -1.39. The van der Waals surface area contributed by atoms with E-state index < -0.39 is 0 Å². The summed E-state index contributed by atoms with van der Waals surface area (Å²) in [6, 6.07) is 0. The van der Waals surface area contributed by atoms with Crippen LogP contribution in [0.15, 0.2) is 0 Å². The molecule has 1 rings (SSSR count). The molecule has 0 bridgehead atoms. The lowest BCUT2D eigenvalue weighted by Crippen LogP contribution is -2.50. The largest absolute Gasteiger partial charge is 0.339 e. The lowest BCUT2D eigenvalue weighted by Gasteiger charge is -2.35. The number of carbonyl (C=O) groups excluding carboxylic acids is 2. The molecule has 1 aliphatic heterocycles. The van der Waals surface area contributed by atoms with Gasteiger partial charge in [0, 0.05) is 39.0 Å². The van der Waals surface area contributed by atoms with Gasteiger partial charge in [0.15, 0.2) is 0 Å². The van der Waals surface area contributed by atoms with E-state index in [4.69, 9.17) is 5.41 Å². The lowest BCUT2D eigenvalue weighted by molar-refractivity contribution is -0.139. The second kappa shape index (κ2) is 8.67. The molecule has 0 aromatic carbocycles. The Kier molecular flexibility index (Phi) is 7.15. The van der Waals surface area contributed by atoms with Gasteiger partial charge in [0.05, 0.1) is 0 Å². The highest BCUT2D eigenvalue weighted by molar-refractivity contribution is 5.78. The Morgan fingerprint density at radius 1 is 1.00 bits per heavy atom. The molecule has 0 radical (unpaired) electrons. The van der Waals surface area contributed by atoms with Gasteiger partial charge in [-0.2, -0.15) is 0 Å². The van der Waals surface area contributed by atoms with Crippen LogP contribution in [0.4, 0.5) is 0 Å². The van der Waals surface area contributed by atoms with E-state index in [9.17, 15) is 9.59 Å². The fourth-order valence-corrected chi connectivity index (χ4v) is 2.26. The molecule has 1 heterocycles. The molecule has 19 heavy (non-hydrogen) atoms. The van der Waals surface area contributed by atoms with Crippen LogP contribution in [0.5, 0.6) is 0 Å². The van der Waals surface area contributed by atoms with Crippen molar-refractivity contribution in [3.63, 3.8) is 0 Å². The van der Waals surface area contributed by atoms with E-state index in [1.54, 1.807) is 0 Å². The third-order valence-corrected chi connectivity index (χ3v) is 3.44. The zero-order valence-electron chi connectivity index (χ0n) is 11.9. The Balaban J connectivity index is 2.23. The molecule has 0 aromatic rings. The first-order chi connectivity index (χ1) is 9.19. The molecule has 0 aliphatic carbocycles. The summed E-state index contributed by atoms with van der Waals surface area (Å²) in [7, 11) is 0. The number of carbonyl (C=O) groups is 2. The van der Waals surface area contributed by atoms with Crippen molar-refractivity contribution in [2.24, 2.45) is 0 Å². The predicted molar refractivity (Wildman–Crippen MR) is 75.3 cm³/mol. The standard InChI is InChI=1S/C14H25N3O2/c1-2-6-13(18)16-9-11-17(12-10-16)14(19)7-4-3-5-8-15/h8,15H,2-7,9-12H2,1H3. The second-order valence-corrected chi connectivity index (χ2v) is 4.96. The van der Waals surface area contributed by atoms with Gasteiger partial charge in [-0.3, -0.25) is 9.59 Å². The molecule has 0 unspecified atom stereocenters. The molecular formula is C14H25N3O2. The van der Waals surface area contributed by atoms with E-state index >= 15 is 0 Å². The van der Waals surface area contributed by atoms with Crippen LogP contribution in [0.25, 0.3) is 0 Å². The van der Waals surface area contributed by atoms with Crippen LogP contribution in [0, 0.1) is 5.41 Å². The monoisotopic (exact) mass is 267 g/mol. The summed E-state index contributed by atoms with van der Waals surface area (Å²) in [5, 5.41) is 6.92. The summed E-state index contributed by atoms with van der Waals surface area (Å²) in [6.45, 7) is 4.68. The van der Waals surface area contributed by atoms with Gasteiger partial charge < -0.3 is 15.2 Å². The summed E-state index contributed by atoms with van der Waals surface area (Å²) in [6.07, 6.45) is 5.96. The Morgan fingerprint density at radius 2 is 1.53 bits per heavy atom. The number of hydrogen-bond acceptors (Lipinski definition) is 3. The van der Waals surface area contributed by atoms with Crippen LogP contribution < -0.4 is 0 Å². The van der Waals surface area contributed by atoms with Crippen LogP contribution in [0.2, 0.25) is 0 Å². The first-order valence-electron chi connectivity index (χ1n) is 7.23. The number of nitrogens with one attached hydrogen (secondary N) is 1. The number of nitrogens with zero attached hydrogens (tertiary/aromatic N) is 2. The lowest BCUT2D eigenvalue weighted by atomic mass is 10.1. The minimum atomic E-state index is 0.188. The summed E-state index contributed by atoms with van der Waals surface area (Å²) in [5.41, 5.74) is 0. The molecule has 2 amide bonds. The van der Waals surface area contributed by atoms with E-state index in [2.05, 4.69) is 0 Å². The first-order valence-corrected chi connectivity index (χ1v) is 7.23. The van der Waals surface area contributed by atoms with Gasteiger partial charge in [-0.05, 0) is 31.9 Å². The normalized spacial score (nSPS) is 15.4. The van der Waals surface area contributed by atoms with Gasteiger partial charge in [-0.25, -0.2) is 0 Å². The van der Waals surface area contributed by atoms with Crippen LogP contribution in [-0.4, -0.2) is 54.0 Å². The molecule has 0 spiro atoms. The van der Waals surface area contributed by atoms with E-state index in [1.165, 1.54) is 6.21 Å². The zero-order chi connectivity index (χ0) is 14.1. The first kappa shape index (κ1) is 15.7. The predicted octanol–water partition coefficient (Wildman–Crippen LogP) is 1.67. The topological polar surface area (TPSA) is 64.5 Å². The third kappa shape index (κ3) is 5.41. The fraction of sp³-hybridized carbons (Fsp3) is 0.786. The van der Waals surface area contributed by atoms with Gasteiger partial charge in [-0.15, -0.1) is 0 Å². The quantitative estimate of drug-likeness (QED) is 0.563. The summed E-state index contributed by atoms with van der Waals surface area (Å²) in [4.78, 5) is 27.4. The molecule has 108 valence electrons. The number of piperazine rings is 1. The third-order valence-electron chi connectivity index (χ3n) is 3.44. The van der Waals surface area contributed by atoms with Crippen LogP contribution >= 0.6 is 0 Å². The van der Waals surface area contributed by atoms with Crippen molar-refractivity contribution in [2.45, 2.75) is 45.4 Å². The molecule has 1 N–H and O–H groups in total. The maximum absolute atomic E-state index is 11.9. The molecule has 1 aliphatic rings. The van der Waals surface area contributed by atoms with Gasteiger partial charge in [0.25, 0.3) is 0 Å². The molecule has 5 nitrogen and oxygen atoms in total. The van der Waals surface area contributed by atoms with Crippen molar-refractivity contribution in [1.29, 1.82) is 5.41 Å². The number of rotatable bonds is 7. The van der Waals surface area contributed by atoms with Crippen LogP contribution in [-0.2, 0) is 9.59 Å². The molecule has 1 fully saturated rings. The van der Waals surface area contributed by atoms with Gasteiger partial charge in [0.2, 0.25) is 11.8 Å². The SMILES string of the molecule is CCCC(=O)N1CCN(C(=O)CCCCC=N)CC1. The fourth-order valence-electron chi connectivity index (χ4n) is 2.26. The number of amides is 2. The second-order valence-electron chi connectivity index (χ2n) is 4.96. The van der Waals surface area contributed by atoms with E-state index in [0.29, 0.717) is 39.0 Å². The van der Waals surface area contributed by atoms with Crippen molar-refractivity contribution >= 4 is 18.0 Å². The molecule has 0 atom stereocenters. The Morgan fingerprint density at radius 3 is 2.00 bits per heavy atom. The highest BCUT2D eigenvalue weighted by Crippen LogP contribution is 2.08.